The number of nitrogens with zero attached hydrogens (tertiary/aromatic N) is 1. The van der Waals surface area contributed by atoms with Crippen molar-refractivity contribution in [1.29, 1.82) is 0 Å². The summed E-state index contributed by atoms with van der Waals surface area (Å²) >= 11 is 12.0. The van der Waals surface area contributed by atoms with Gasteiger partial charge in [0.2, 0.25) is 10.0 Å². The molecular weight excluding hydrogens is 481 g/mol. The van der Waals surface area contributed by atoms with Gasteiger partial charge in [-0.2, -0.15) is 4.31 Å². The number of hydrogen-bond donors (Lipinski definition) is 1. The topological polar surface area (TPSA) is 74.7 Å². The predicted octanol–water partition coefficient (Wildman–Crippen LogP) is 6.19. The van der Waals surface area contributed by atoms with Gasteiger partial charge in [0.05, 0.1) is 22.6 Å². The third kappa shape index (κ3) is 4.70. The molecule has 3 aromatic rings. The van der Waals surface area contributed by atoms with Crippen molar-refractivity contribution >= 4 is 39.2 Å². The molecule has 0 spiro atoms. The Labute approximate surface area is 202 Å². The quantitative estimate of drug-likeness (QED) is 0.452. The number of hydrogen-bond acceptors (Lipinski definition) is 3. The molecule has 0 radical (unpaired) electrons. The minimum Gasteiger partial charge on any atom is -0.478 e. The highest BCUT2D eigenvalue weighted by Gasteiger charge is 2.44. The summed E-state index contributed by atoms with van der Waals surface area (Å²) in [5.74, 6) is -1.17. The summed E-state index contributed by atoms with van der Waals surface area (Å²) in [4.78, 5) is 12.2. The zero-order chi connectivity index (χ0) is 23.8. The highest BCUT2D eigenvalue weighted by atomic mass is 35.5. The van der Waals surface area contributed by atoms with Crippen LogP contribution in [0.15, 0.2) is 89.3 Å². The zero-order valence-corrected chi connectivity index (χ0v) is 20.0. The third-order valence-electron chi connectivity index (χ3n) is 5.70. The Bertz CT molecular complexity index is 1300. The molecule has 0 saturated carbocycles. The van der Waals surface area contributed by atoms with E-state index in [1.165, 1.54) is 28.6 Å². The van der Waals surface area contributed by atoms with E-state index in [1.54, 1.807) is 30.3 Å². The summed E-state index contributed by atoms with van der Waals surface area (Å²) in [6.07, 6.45) is 1.83. The lowest BCUT2D eigenvalue weighted by atomic mass is 9.89. The van der Waals surface area contributed by atoms with Crippen LogP contribution in [0.4, 0.5) is 0 Å². The van der Waals surface area contributed by atoms with Crippen LogP contribution in [0.25, 0.3) is 0 Å². The molecule has 0 unspecified atom stereocenters. The van der Waals surface area contributed by atoms with Gasteiger partial charge < -0.3 is 5.11 Å². The minimum atomic E-state index is -4.12. The molecule has 0 amide bonds. The molecular formula is C25H21Cl2NO4S. The molecule has 0 aromatic heterocycles. The Kier molecular flexibility index (Phi) is 6.64. The van der Waals surface area contributed by atoms with Crippen LogP contribution in [0.1, 0.15) is 35.2 Å². The summed E-state index contributed by atoms with van der Waals surface area (Å²) < 4.78 is 29.3. The van der Waals surface area contributed by atoms with Gasteiger partial charge in [0.15, 0.2) is 0 Å². The molecule has 0 saturated heterocycles. The average molecular weight is 502 g/mol. The molecule has 0 bridgehead atoms. The number of carboxylic acid groups (broad SMARTS) is 1. The van der Waals surface area contributed by atoms with Gasteiger partial charge in [-0.25, -0.2) is 13.2 Å². The third-order valence-corrected chi connectivity index (χ3v) is 8.09. The van der Waals surface area contributed by atoms with Crippen LogP contribution in [-0.2, 0) is 14.8 Å². The number of halogens is 2. The van der Waals surface area contributed by atoms with E-state index in [4.69, 9.17) is 23.2 Å². The predicted molar refractivity (Wildman–Crippen MR) is 129 cm³/mol. The lowest BCUT2D eigenvalue weighted by Crippen LogP contribution is -2.42. The molecule has 4 rings (SSSR count). The van der Waals surface area contributed by atoms with E-state index in [-0.39, 0.29) is 16.9 Å². The fourth-order valence-electron chi connectivity index (χ4n) is 4.05. The zero-order valence-electron chi connectivity index (χ0n) is 17.7. The van der Waals surface area contributed by atoms with Crippen molar-refractivity contribution in [3.63, 3.8) is 0 Å². The molecule has 1 heterocycles. The number of benzene rings is 3. The molecule has 2 atom stereocenters. The molecule has 0 aliphatic carbocycles. The van der Waals surface area contributed by atoms with Crippen LogP contribution < -0.4 is 0 Å². The maximum atomic E-state index is 14.0. The Hall–Kier alpha value is -2.64. The fourth-order valence-corrected chi connectivity index (χ4v) is 6.08. The highest BCUT2D eigenvalue weighted by molar-refractivity contribution is 7.89. The van der Waals surface area contributed by atoms with Crippen molar-refractivity contribution in [2.75, 3.05) is 0 Å². The summed E-state index contributed by atoms with van der Waals surface area (Å²) in [7, 11) is -4.12. The number of sulfonamides is 1. The largest absolute Gasteiger partial charge is 0.478 e. The SMILES string of the molecule is Cc1ccc([C@@H]2CC=C(C(=O)O)[C@H](c3ccc(Cl)cc3)N2S(=O)(=O)c2ccc(Cl)cc2)cc1. The van der Waals surface area contributed by atoms with Crippen LogP contribution in [0.2, 0.25) is 10.0 Å². The minimum absolute atomic E-state index is 0.00165. The van der Waals surface area contributed by atoms with Gasteiger partial charge in [-0.1, -0.05) is 71.2 Å². The Morgan fingerprint density at radius 3 is 1.94 bits per heavy atom. The van der Waals surface area contributed by atoms with E-state index in [2.05, 4.69) is 0 Å². The van der Waals surface area contributed by atoms with Gasteiger partial charge in [0.1, 0.15) is 0 Å². The molecule has 1 aliphatic rings. The fraction of sp³-hybridized carbons (Fsp3) is 0.160. The van der Waals surface area contributed by atoms with E-state index < -0.39 is 28.1 Å². The highest BCUT2D eigenvalue weighted by Crippen LogP contribution is 2.45. The average Bonchev–Trinajstić information content (AvgIpc) is 2.79. The second-order valence-corrected chi connectivity index (χ2v) is 10.6. The lowest BCUT2D eigenvalue weighted by Gasteiger charge is -2.40. The number of aliphatic carboxylic acids is 1. The molecule has 3 aromatic carbocycles. The summed E-state index contributed by atoms with van der Waals surface area (Å²) in [6, 6.07) is 18.4. The second kappa shape index (κ2) is 9.31. The van der Waals surface area contributed by atoms with E-state index in [0.29, 0.717) is 15.6 Å². The van der Waals surface area contributed by atoms with Crippen LogP contribution in [-0.4, -0.2) is 23.8 Å². The summed E-state index contributed by atoms with van der Waals surface area (Å²) in [5, 5.41) is 10.9. The summed E-state index contributed by atoms with van der Waals surface area (Å²) in [5.41, 5.74) is 2.33. The van der Waals surface area contributed by atoms with Crippen molar-refractivity contribution < 1.29 is 18.3 Å². The van der Waals surface area contributed by atoms with Gasteiger partial charge in [0.25, 0.3) is 0 Å². The first kappa shape index (κ1) is 23.5. The molecule has 8 heteroatoms. The second-order valence-electron chi connectivity index (χ2n) is 7.87. The van der Waals surface area contributed by atoms with Gasteiger partial charge in [-0.3, -0.25) is 0 Å². The van der Waals surface area contributed by atoms with Crippen LogP contribution >= 0.6 is 23.2 Å². The molecule has 33 heavy (non-hydrogen) atoms. The number of rotatable bonds is 5. The first-order valence-electron chi connectivity index (χ1n) is 10.2. The van der Waals surface area contributed by atoms with Crippen LogP contribution in [0.5, 0.6) is 0 Å². The maximum absolute atomic E-state index is 14.0. The molecule has 170 valence electrons. The van der Waals surface area contributed by atoms with Gasteiger partial charge in [0, 0.05) is 10.0 Å². The van der Waals surface area contributed by atoms with Crippen molar-refractivity contribution in [1.82, 2.24) is 4.31 Å². The maximum Gasteiger partial charge on any atom is 0.333 e. The van der Waals surface area contributed by atoms with Crippen molar-refractivity contribution in [3.05, 3.63) is 111 Å². The van der Waals surface area contributed by atoms with Gasteiger partial charge >= 0.3 is 5.97 Å². The Balaban J connectivity index is 1.96. The normalized spacial score (nSPS) is 19.2. The number of carbonyl (C=O) groups is 1. The van der Waals surface area contributed by atoms with E-state index in [9.17, 15) is 18.3 Å². The number of carboxylic acids is 1. The molecule has 1 aliphatic heterocycles. The monoisotopic (exact) mass is 501 g/mol. The molecule has 1 N–H and O–H groups in total. The van der Waals surface area contributed by atoms with Crippen LogP contribution in [0, 0.1) is 6.92 Å². The number of aryl methyl sites for hydroxylation is 1. The van der Waals surface area contributed by atoms with E-state index >= 15 is 0 Å². The first-order valence-corrected chi connectivity index (χ1v) is 12.4. The Morgan fingerprint density at radius 1 is 0.879 bits per heavy atom. The smallest absolute Gasteiger partial charge is 0.333 e. The van der Waals surface area contributed by atoms with E-state index in [0.717, 1.165) is 11.1 Å². The lowest BCUT2D eigenvalue weighted by molar-refractivity contribution is -0.133. The van der Waals surface area contributed by atoms with Gasteiger partial charge in [-0.05, 0) is 60.9 Å². The summed E-state index contributed by atoms with van der Waals surface area (Å²) in [6.45, 7) is 1.95. The molecule has 5 nitrogen and oxygen atoms in total. The van der Waals surface area contributed by atoms with Crippen molar-refractivity contribution in [3.8, 4) is 0 Å². The molecule has 0 fully saturated rings. The van der Waals surface area contributed by atoms with Crippen LogP contribution in [0.3, 0.4) is 0 Å². The van der Waals surface area contributed by atoms with Gasteiger partial charge in [-0.15, -0.1) is 0 Å². The van der Waals surface area contributed by atoms with E-state index in [1.807, 2.05) is 31.2 Å². The Morgan fingerprint density at radius 2 is 1.39 bits per heavy atom. The van der Waals surface area contributed by atoms with Crippen molar-refractivity contribution in [2.45, 2.75) is 30.3 Å². The van der Waals surface area contributed by atoms with Crippen molar-refractivity contribution in [2.24, 2.45) is 0 Å². The standard InChI is InChI=1S/C25H21Cl2NO4S/c1-16-2-4-17(5-3-16)23-15-14-22(25(29)30)24(18-6-8-19(26)9-7-18)28(23)33(31,32)21-12-10-20(27)11-13-21/h2-14,23-24H,15H2,1H3,(H,29,30)/t23-,24-/m0/s1. The first-order chi connectivity index (χ1) is 15.7.